The molecule has 0 radical (unpaired) electrons. The van der Waals surface area contributed by atoms with Crippen molar-refractivity contribution in [1.29, 1.82) is 0 Å². The molecule has 1 fully saturated rings. The zero-order valence-electron chi connectivity index (χ0n) is 19.7. The number of nitrogens with zero attached hydrogens (tertiary/aromatic N) is 4. The third-order valence-corrected chi connectivity index (χ3v) is 8.39. The Morgan fingerprint density at radius 2 is 1.88 bits per heavy atom. The molecule has 0 bridgehead atoms. The molecule has 2 aromatic heterocycles. The van der Waals surface area contributed by atoms with Crippen LogP contribution in [0.25, 0.3) is 11.0 Å². The Hall–Kier alpha value is -1.76. The summed E-state index contributed by atoms with van der Waals surface area (Å²) in [5.74, 6) is 0.519. The third-order valence-electron chi connectivity index (χ3n) is 5.76. The first-order valence-corrected chi connectivity index (χ1v) is 14.9. The Bertz CT molecular complexity index is 1070. The summed E-state index contributed by atoms with van der Waals surface area (Å²) < 4.78 is 12.7. The van der Waals surface area contributed by atoms with Crippen molar-refractivity contribution in [3.63, 3.8) is 0 Å². The number of hydrogen-bond donors (Lipinski definition) is 2. The Morgan fingerprint density at radius 1 is 1.15 bits per heavy atom. The predicted molar refractivity (Wildman–Crippen MR) is 141 cm³/mol. The number of imidazole rings is 1. The summed E-state index contributed by atoms with van der Waals surface area (Å²) in [6, 6.07) is 9.73. The van der Waals surface area contributed by atoms with Gasteiger partial charge in [-0.25, -0.2) is 4.98 Å². The molecule has 1 amide bonds. The van der Waals surface area contributed by atoms with Gasteiger partial charge in [0.05, 0.1) is 23.3 Å². The summed E-state index contributed by atoms with van der Waals surface area (Å²) in [5.41, 5.74) is 3.51. The van der Waals surface area contributed by atoms with Crippen LogP contribution in [0.15, 0.2) is 45.4 Å². The van der Waals surface area contributed by atoms with Crippen LogP contribution in [0.1, 0.15) is 5.69 Å². The fourth-order valence-corrected chi connectivity index (χ4v) is 6.28. The fraction of sp³-hybridized carbons (Fsp3) is 0.435. The maximum atomic E-state index is 12.8. The van der Waals surface area contributed by atoms with Crippen molar-refractivity contribution >= 4 is 57.3 Å². The molecule has 0 saturated carbocycles. The number of piperazine rings is 1. The van der Waals surface area contributed by atoms with E-state index in [0.29, 0.717) is 17.5 Å². The third kappa shape index (κ3) is 6.27. The van der Waals surface area contributed by atoms with Gasteiger partial charge in [-0.3, -0.25) is 19.6 Å². The zero-order chi connectivity index (χ0) is 24.1. The molecule has 0 spiro atoms. The van der Waals surface area contributed by atoms with E-state index >= 15 is 0 Å². The van der Waals surface area contributed by atoms with Crippen LogP contribution in [0.3, 0.4) is 0 Å². The van der Waals surface area contributed by atoms with Crippen LogP contribution < -0.4 is 5.32 Å². The molecular weight excluding hydrogens is 488 g/mol. The zero-order valence-corrected chi connectivity index (χ0v) is 22.1. The lowest BCUT2D eigenvalue weighted by molar-refractivity contribution is -0.117. The molecule has 3 heterocycles. The minimum absolute atomic E-state index is 0.0179. The van der Waals surface area contributed by atoms with Gasteiger partial charge in [-0.05, 0) is 37.6 Å². The number of amides is 1. The number of rotatable bonds is 9. The molecule has 1 unspecified atom stereocenters. The standard InChI is InChI=1S/C23H30N6O2S3/c1-16-14-19(32-2)21(22(24-16)33-3)27-20(30)15-29-10-8-28(9-11-29)12-13-34(31)23-25-17-6-4-5-7-18(17)26-23/h4-7,14H,8-13,15H2,1-3H3,(H,25,26)(H,27,30). The van der Waals surface area contributed by atoms with Gasteiger partial charge < -0.3 is 9.87 Å². The average molecular weight is 519 g/mol. The van der Waals surface area contributed by atoms with Gasteiger partial charge in [0.15, 0.2) is 0 Å². The summed E-state index contributed by atoms with van der Waals surface area (Å²) >= 11 is 2.00. The number of para-hydroxylation sites is 2. The molecule has 2 N–H and O–H groups in total. The Kier molecular flexibility index (Phi) is 8.78. The summed E-state index contributed by atoms with van der Waals surface area (Å²) in [4.78, 5) is 30.4. The first-order chi connectivity index (χ1) is 16.5. The topological polar surface area (TPSA) is 100 Å². The van der Waals surface area contributed by atoms with Crippen molar-refractivity contribution in [3.05, 3.63) is 36.0 Å². The van der Waals surface area contributed by atoms with Gasteiger partial charge in [0.25, 0.3) is 0 Å². The van der Waals surface area contributed by atoms with Crippen molar-refractivity contribution in [1.82, 2.24) is 24.8 Å². The number of nitrogens with one attached hydrogen (secondary N) is 2. The van der Waals surface area contributed by atoms with Crippen LogP contribution in [0.2, 0.25) is 0 Å². The molecule has 11 heteroatoms. The van der Waals surface area contributed by atoms with E-state index < -0.39 is 11.2 Å². The summed E-state index contributed by atoms with van der Waals surface area (Å²) in [7, 11) is 0. The Labute approximate surface area is 211 Å². The molecule has 34 heavy (non-hydrogen) atoms. The van der Waals surface area contributed by atoms with Crippen LogP contribution >= 0.6 is 23.5 Å². The molecule has 8 nitrogen and oxygen atoms in total. The van der Waals surface area contributed by atoms with Crippen molar-refractivity contribution in [3.8, 4) is 0 Å². The molecule has 1 aromatic carbocycles. The van der Waals surface area contributed by atoms with Crippen molar-refractivity contribution in [2.24, 2.45) is 0 Å². The van der Waals surface area contributed by atoms with Crippen molar-refractivity contribution < 1.29 is 9.35 Å². The quantitative estimate of drug-likeness (QED) is 0.329. The summed E-state index contributed by atoms with van der Waals surface area (Å²) in [6.45, 7) is 6.38. The van der Waals surface area contributed by atoms with Gasteiger partial charge in [-0.1, -0.05) is 12.1 Å². The van der Waals surface area contributed by atoms with Crippen LogP contribution in [-0.4, -0.2) is 92.7 Å². The van der Waals surface area contributed by atoms with E-state index in [4.69, 9.17) is 0 Å². The van der Waals surface area contributed by atoms with Gasteiger partial charge in [0.1, 0.15) is 10.8 Å². The highest BCUT2D eigenvalue weighted by atomic mass is 32.2. The van der Waals surface area contributed by atoms with Gasteiger partial charge >= 0.3 is 5.16 Å². The second-order valence-electron chi connectivity index (χ2n) is 8.12. The Balaban J connectivity index is 1.24. The number of thioether (sulfide) groups is 2. The SMILES string of the molecule is CSc1cc(C)nc(SC)c1NC(=O)CN1CCN(CC[S+]([O-])c2nc3ccccc3[nH]2)CC1. The van der Waals surface area contributed by atoms with E-state index in [2.05, 4.69) is 30.1 Å². The highest BCUT2D eigenvalue weighted by Gasteiger charge is 2.23. The first-order valence-electron chi connectivity index (χ1n) is 11.1. The molecule has 4 rings (SSSR count). The highest BCUT2D eigenvalue weighted by molar-refractivity contribution is 7.99. The number of carbonyl (C=O) groups excluding carboxylic acids is 1. The minimum Gasteiger partial charge on any atom is -0.609 e. The Morgan fingerprint density at radius 3 is 2.59 bits per heavy atom. The molecule has 1 aliphatic rings. The molecule has 1 atom stereocenters. The monoisotopic (exact) mass is 518 g/mol. The molecule has 3 aromatic rings. The van der Waals surface area contributed by atoms with E-state index in [1.165, 1.54) is 0 Å². The minimum atomic E-state index is -1.16. The van der Waals surface area contributed by atoms with Crippen molar-refractivity contribution in [2.45, 2.75) is 22.0 Å². The van der Waals surface area contributed by atoms with Gasteiger partial charge in [0.2, 0.25) is 5.91 Å². The van der Waals surface area contributed by atoms with Crippen LogP contribution in [-0.2, 0) is 16.0 Å². The molecular formula is C23H30N6O2S3. The van der Waals surface area contributed by atoms with E-state index in [0.717, 1.165) is 65.1 Å². The molecule has 0 aliphatic carbocycles. The van der Waals surface area contributed by atoms with E-state index in [-0.39, 0.29) is 5.91 Å². The number of benzene rings is 1. The number of H-pyrrole nitrogens is 1. The summed E-state index contributed by atoms with van der Waals surface area (Å²) in [5, 5.41) is 4.47. The van der Waals surface area contributed by atoms with Crippen LogP contribution in [0.4, 0.5) is 5.69 Å². The molecule has 182 valence electrons. The second-order valence-corrected chi connectivity index (χ2v) is 11.3. The maximum Gasteiger partial charge on any atom is 0.321 e. The van der Waals surface area contributed by atoms with E-state index in [9.17, 15) is 9.35 Å². The number of anilines is 1. The second kappa shape index (κ2) is 11.8. The fourth-order valence-electron chi connectivity index (χ4n) is 3.94. The largest absolute Gasteiger partial charge is 0.609 e. The lowest BCUT2D eigenvalue weighted by Gasteiger charge is -2.34. The van der Waals surface area contributed by atoms with Crippen molar-refractivity contribution in [2.75, 3.05) is 62.8 Å². The van der Waals surface area contributed by atoms with E-state index in [1.54, 1.807) is 23.5 Å². The number of aromatic nitrogens is 3. The first kappa shape index (κ1) is 25.3. The summed E-state index contributed by atoms with van der Waals surface area (Å²) in [6.07, 6.45) is 3.98. The van der Waals surface area contributed by atoms with E-state index in [1.807, 2.05) is 49.8 Å². The number of pyridine rings is 1. The molecule has 1 saturated heterocycles. The maximum absolute atomic E-state index is 12.8. The number of fused-ring (bicyclic) bond motifs is 1. The average Bonchev–Trinajstić information content (AvgIpc) is 3.28. The number of aryl methyl sites for hydroxylation is 1. The predicted octanol–water partition coefficient (Wildman–Crippen LogP) is 3.07. The highest BCUT2D eigenvalue weighted by Crippen LogP contribution is 2.33. The van der Waals surface area contributed by atoms with Crippen LogP contribution in [0, 0.1) is 6.92 Å². The van der Waals surface area contributed by atoms with Gasteiger partial charge in [0, 0.05) is 54.5 Å². The lowest BCUT2D eigenvalue weighted by atomic mass is 10.3. The van der Waals surface area contributed by atoms with Gasteiger partial charge in [-0.2, -0.15) is 4.98 Å². The number of hydrogen-bond acceptors (Lipinski definition) is 8. The normalized spacial score (nSPS) is 16.1. The van der Waals surface area contributed by atoms with Gasteiger partial charge in [-0.15, -0.1) is 23.5 Å². The lowest BCUT2D eigenvalue weighted by Crippen LogP contribution is -2.49. The molecule has 1 aliphatic heterocycles. The smallest absolute Gasteiger partial charge is 0.321 e. The number of aromatic amines is 1. The van der Waals surface area contributed by atoms with Crippen LogP contribution in [0.5, 0.6) is 0 Å². The number of carbonyl (C=O) groups is 1.